The van der Waals surface area contributed by atoms with Crippen LogP contribution in [0.25, 0.3) is 0 Å². The van der Waals surface area contributed by atoms with Gasteiger partial charge in [-0.15, -0.1) is 0 Å². The standard InChI is InChI=1S/C13H18O3S/c1-13(2,12(14)10-17(3)15)16-9-11-7-5-4-6-8-11/h4-8H,9-10H2,1-3H3. The molecule has 4 heteroatoms. The summed E-state index contributed by atoms with van der Waals surface area (Å²) in [5, 5.41) is 0. The summed E-state index contributed by atoms with van der Waals surface area (Å²) in [6.07, 6.45) is 1.52. The number of hydrogen-bond acceptors (Lipinski definition) is 3. The zero-order valence-corrected chi connectivity index (χ0v) is 11.3. The van der Waals surface area contributed by atoms with Gasteiger partial charge in [0.15, 0.2) is 5.75 Å². The highest BCUT2D eigenvalue weighted by Crippen LogP contribution is 2.15. The molecule has 1 rings (SSSR count). The average Bonchev–Trinajstić information content (AvgIpc) is 2.27. The van der Waals surface area contributed by atoms with Gasteiger partial charge in [-0.25, -0.2) is 0 Å². The summed E-state index contributed by atoms with van der Waals surface area (Å²) in [5.74, 6) is -0.0869. The van der Waals surface area contributed by atoms with E-state index in [0.717, 1.165) is 5.56 Å². The maximum absolute atomic E-state index is 11.8. The second-order valence-electron chi connectivity index (χ2n) is 4.43. The quantitative estimate of drug-likeness (QED) is 0.729. The van der Waals surface area contributed by atoms with Crippen molar-refractivity contribution in [1.82, 2.24) is 0 Å². The molecule has 0 aliphatic carbocycles. The molecule has 0 N–H and O–H groups in total. The molecule has 0 bridgehead atoms. The highest BCUT2D eigenvalue weighted by atomic mass is 32.2. The number of carbonyl (C=O) groups excluding carboxylic acids is 1. The van der Waals surface area contributed by atoms with Gasteiger partial charge in [-0.2, -0.15) is 0 Å². The fourth-order valence-electron chi connectivity index (χ4n) is 1.28. The van der Waals surface area contributed by atoms with E-state index >= 15 is 0 Å². The Hall–Kier alpha value is -0.840. The Kier molecular flexibility index (Phi) is 5.18. The van der Waals surface area contributed by atoms with Crippen LogP contribution in [-0.4, -0.2) is 27.9 Å². The number of benzene rings is 1. The van der Waals surface area contributed by atoms with Crippen LogP contribution in [-0.2, 0) is 27.3 Å². The maximum atomic E-state index is 11.8. The van der Waals surface area contributed by atoms with Crippen LogP contribution in [0.1, 0.15) is 19.4 Å². The number of rotatable bonds is 6. The summed E-state index contributed by atoms with van der Waals surface area (Å²) in [6, 6.07) is 9.67. The zero-order chi connectivity index (χ0) is 12.9. The number of carbonyl (C=O) groups is 1. The Morgan fingerprint density at radius 2 is 1.94 bits per heavy atom. The van der Waals surface area contributed by atoms with E-state index in [1.807, 2.05) is 30.3 Å². The van der Waals surface area contributed by atoms with Gasteiger partial charge in [0.2, 0.25) is 5.78 Å². The molecule has 0 saturated carbocycles. The molecule has 0 amide bonds. The molecule has 1 aromatic carbocycles. The third-order valence-electron chi connectivity index (χ3n) is 2.45. The molecular formula is C13H18O3S. The Balaban J connectivity index is 2.52. The monoisotopic (exact) mass is 254 g/mol. The minimum absolute atomic E-state index is 0.0434. The minimum atomic E-state index is -1.12. The first-order valence-electron chi connectivity index (χ1n) is 5.43. The largest absolute Gasteiger partial charge is 0.616 e. The molecule has 94 valence electrons. The van der Waals surface area contributed by atoms with Gasteiger partial charge in [0.1, 0.15) is 5.60 Å². The van der Waals surface area contributed by atoms with Gasteiger partial charge in [-0.05, 0) is 30.6 Å². The predicted molar refractivity (Wildman–Crippen MR) is 69.3 cm³/mol. The summed E-state index contributed by atoms with van der Waals surface area (Å²) >= 11 is -1.12. The molecule has 0 aromatic heterocycles. The van der Waals surface area contributed by atoms with Gasteiger partial charge in [-0.3, -0.25) is 4.79 Å². The SMILES string of the molecule is C[S+]([O-])CC(=O)C(C)(C)OCc1ccccc1. The Morgan fingerprint density at radius 1 is 1.35 bits per heavy atom. The van der Waals surface area contributed by atoms with Crippen LogP contribution in [0.5, 0.6) is 0 Å². The van der Waals surface area contributed by atoms with Crippen molar-refractivity contribution in [2.75, 3.05) is 12.0 Å². The highest BCUT2D eigenvalue weighted by Gasteiger charge is 2.30. The first kappa shape index (κ1) is 14.2. The van der Waals surface area contributed by atoms with Crippen LogP contribution < -0.4 is 0 Å². The van der Waals surface area contributed by atoms with Crippen LogP contribution in [0, 0.1) is 0 Å². The van der Waals surface area contributed by atoms with Gasteiger partial charge in [-0.1, -0.05) is 30.3 Å². The minimum Gasteiger partial charge on any atom is -0.616 e. The van der Waals surface area contributed by atoms with Crippen molar-refractivity contribution in [3.63, 3.8) is 0 Å². The van der Waals surface area contributed by atoms with Gasteiger partial charge in [0.05, 0.1) is 12.9 Å². The molecule has 0 aliphatic rings. The van der Waals surface area contributed by atoms with Crippen molar-refractivity contribution >= 4 is 17.0 Å². The molecule has 0 fully saturated rings. The fourth-order valence-corrected chi connectivity index (χ4v) is 1.99. The second-order valence-corrected chi connectivity index (χ2v) is 5.86. The van der Waals surface area contributed by atoms with Gasteiger partial charge >= 0.3 is 0 Å². The van der Waals surface area contributed by atoms with Gasteiger partial charge in [0.25, 0.3) is 0 Å². The van der Waals surface area contributed by atoms with E-state index in [4.69, 9.17) is 4.74 Å². The van der Waals surface area contributed by atoms with Crippen molar-refractivity contribution in [2.45, 2.75) is 26.1 Å². The summed E-state index contributed by atoms with van der Waals surface area (Å²) in [5.41, 5.74) is 0.132. The Labute approximate surface area is 105 Å². The molecule has 0 radical (unpaired) electrons. The summed E-state index contributed by atoms with van der Waals surface area (Å²) in [7, 11) is 0. The van der Waals surface area contributed by atoms with Crippen LogP contribution in [0.2, 0.25) is 0 Å². The van der Waals surface area contributed by atoms with Crippen molar-refractivity contribution in [3.8, 4) is 0 Å². The van der Waals surface area contributed by atoms with E-state index < -0.39 is 16.8 Å². The first-order chi connectivity index (χ1) is 7.92. The smallest absolute Gasteiger partial charge is 0.212 e. The van der Waals surface area contributed by atoms with E-state index in [0.29, 0.717) is 6.61 Å². The summed E-state index contributed by atoms with van der Waals surface area (Å²) in [6.45, 7) is 3.81. The molecule has 3 nitrogen and oxygen atoms in total. The Bertz CT molecular complexity index is 360. The van der Waals surface area contributed by atoms with E-state index in [2.05, 4.69) is 0 Å². The number of ketones is 1. The van der Waals surface area contributed by atoms with Crippen LogP contribution in [0.4, 0.5) is 0 Å². The van der Waals surface area contributed by atoms with E-state index in [1.54, 1.807) is 13.8 Å². The second kappa shape index (κ2) is 6.19. The summed E-state index contributed by atoms with van der Waals surface area (Å²) < 4.78 is 16.6. The topological polar surface area (TPSA) is 49.4 Å². The Morgan fingerprint density at radius 3 is 2.47 bits per heavy atom. The van der Waals surface area contributed by atoms with Gasteiger partial charge < -0.3 is 9.29 Å². The predicted octanol–water partition coefficient (Wildman–Crippen LogP) is 1.93. The molecule has 1 atom stereocenters. The molecule has 1 unspecified atom stereocenters. The van der Waals surface area contributed by atoms with E-state index in [-0.39, 0.29) is 11.5 Å². The molecule has 0 saturated heterocycles. The van der Waals surface area contributed by atoms with Crippen LogP contribution in [0.3, 0.4) is 0 Å². The third-order valence-corrected chi connectivity index (χ3v) is 3.12. The van der Waals surface area contributed by atoms with Crippen LogP contribution >= 0.6 is 0 Å². The molecule has 0 aliphatic heterocycles. The first-order valence-corrected chi connectivity index (χ1v) is 7.16. The normalized spacial score (nSPS) is 13.4. The third kappa shape index (κ3) is 4.89. The summed E-state index contributed by atoms with van der Waals surface area (Å²) in [4.78, 5) is 11.8. The van der Waals surface area contributed by atoms with Crippen molar-refractivity contribution in [1.29, 1.82) is 0 Å². The lowest BCUT2D eigenvalue weighted by Gasteiger charge is -2.23. The van der Waals surface area contributed by atoms with Crippen molar-refractivity contribution in [2.24, 2.45) is 0 Å². The average molecular weight is 254 g/mol. The molecule has 1 aromatic rings. The fraction of sp³-hybridized carbons (Fsp3) is 0.462. The molecule has 0 heterocycles. The molecule has 17 heavy (non-hydrogen) atoms. The van der Waals surface area contributed by atoms with E-state index in [1.165, 1.54) is 6.26 Å². The lowest BCUT2D eigenvalue weighted by atomic mass is 10.1. The number of hydrogen-bond donors (Lipinski definition) is 0. The lowest BCUT2D eigenvalue weighted by molar-refractivity contribution is -0.139. The number of Topliss-reactive ketones (excluding diaryl/α,β-unsaturated/α-hetero) is 1. The maximum Gasteiger partial charge on any atom is 0.212 e. The van der Waals surface area contributed by atoms with Crippen molar-refractivity contribution < 1.29 is 14.1 Å². The zero-order valence-electron chi connectivity index (χ0n) is 10.4. The molecular weight excluding hydrogens is 236 g/mol. The van der Waals surface area contributed by atoms with Crippen molar-refractivity contribution in [3.05, 3.63) is 35.9 Å². The highest BCUT2D eigenvalue weighted by molar-refractivity contribution is 7.91. The van der Waals surface area contributed by atoms with Gasteiger partial charge in [0, 0.05) is 0 Å². The lowest BCUT2D eigenvalue weighted by Crippen LogP contribution is -2.39. The van der Waals surface area contributed by atoms with E-state index in [9.17, 15) is 9.35 Å². The number of ether oxygens (including phenoxy) is 1. The molecule has 0 spiro atoms. The van der Waals surface area contributed by atoms with Crippen LogP contribution in [0.15, 0.2) is 30.3 Å².